The second-order valence-corrected chi connectivity index (χ2v) is 7.85. The molecule has 7 heteroatoms. The van der Waals surface area contributed by atoms with E-state index in [9.17, 15) is 9.59 Å². The molecule has 7 nitrogen and oxygen atoms in total. The highest BCUT2D eigenvalue weighted by molar-refractivity contribution is 5.94. The van der Waals surface area contributed by atoms with Gasteiger partial charge in [-0.3, -0.25) is 19.5 Å². The molecule has 4 rings (SSSR count). The van der Waals surface area contributed by atoms with Crippen molar-refractivity contribution < 1.29 is 14.3 Å². The number of aryl methyl sites for hydroxylation is 1. The fourth-order valence-corrected chi connectivity index (χ4v) is 3.88. The molecule has 1 spiro atoms. The van der Waals surface area contributed by atoms with Gasteiger partial charge in [-0.15, -0.1) is 0 Å². The number of rotatable bonds is 4. The first-order valence-electron chi connectivity index (χ1n) is 9.31. The van der Waals surface area contributed by atoms with Crippen LogP contribution in [0.1, 0.15) is 28.9 Å². The number of likely N-dealkylation sites (N-methyl/N-ethyl adjacent to an activating group) is 1. The highest BCUT2D eigenvalue weighted by Gasteiger charge is 2.52. The molecule has 0 radical (unpaired) electrons. The van der Waals surface area contributed by atoms with E-state index in [1.54, 1.807) is 13.2 Å². The molecule has 1 aromatic heterocycles. The highest BCUT2D eigenvalue weighted by atomic mass is 16.5. The van der Waals surface area contributed by atoms with Crippen molar-refractivity contribution in [3.8, 4) is 0 Å². The van der Waals surface area contributed by atoms with Crippen molar-refractivity contribution in [1.29, 1.82) is 0 Å². The average Bonchev–Trinajstić information content (AvgIpc) is 3.43. The van der Waals surface area contributed by atoms with Crippen LogP contribution in [-0.4, -0.2) is 78.1 Å². The monoisotopic (exact) mass is 358 g/mol. The smallest absolute Gasteiger partial charge is 0.255 e. The SMILES string of the molecule is CNC(=O)[C@@H]1COC2(CN(C(=O)c3ccc(C)nc3)C2)CN1CC1CC1. The first-order chi connectivity index (χ1) is 12.5. The third-order valence-electron chi connectivity index (χ3n) is 5.62. The van der Waals surface area contributed by atoms with Gasteiger partial charge in [0.05, 0.1) is 25.3 Å². The number of hydrogen-bond donors (Lipinski definition) is 1. The molecule has 2 amide bonds. The van der Waals surface area contributed by atoms with Crippen LogP contribution in [0.4, 0.5) is 0 Å². The lowest BCUT2D eigenvalue weighted by Gasteiger charge is -2.55. The van der Waals surface area contributed by atoms with E-state index in [1.807, 2.05) is 24.0 Å². The Hall–Kier alpha value is -1.99. The Kier molecular flexibility index (Phi) is 4.44. The maximum Gasteiger partial charge on any atom is 0.255 e. The van der Waals surface area contributed by atoms with Crippen LogP contribution in [0.2, 0.25) is 0 Å². The molecule has 3 fully saturated rings. The van der Waals surface area contributed by atoms with Crippen LogP contribution in [0.3, 0.4) is 0 Å². The second-order valence-electron chi connectivity index (χ2n) is 7.85. The first kappa shape index (κ1) is 17.4. The summed E-state index contributed by atoms with van der Waals surface area (Å²) < 4.78 is 6.09. The van der Waals surface area contributed by atoms with Gasteiger partial charge >= 0.3 is 0 Å². The maximum atomic E-state index is 12.6. The number of aromatic nitrogens is 1. The number of amides is 2. The quantitative estimate of drug-likeness (QED) is 0.845. The molecule has 2 saturated heterocycles. The molecule has 26 heavy (non-hydrogen) atoms. The lowest BCUT2D eigenvalue weighted by Crippen LogP contribution is -2.73. The van der Waals surface area contributed by atoms with Crippen molar-refractivity contribution in [2.24, 2.45) is 5.92 Å². The number of likely N-dealkylation sites (tertiary alicyclic amines) is 1. The second kappa shape index (κ2) is 6.63. The molecule has 0 aromatic carbocycles. The van der Waals surface area contributed by atoms with Crippen LogP contribution in [0, 0.1) is 12.8 Å². The summed E-state index contributed by atoms with van der Waals surface area (Å²) in [6.07, 6.45) is 4.12. The van der Waals surface area contributed by atoms with Crippen molar-refractivity contribution in [2.45, 2.75) is 31.4 Å². The zero-order valence-corrected chi connectivity index (χ0v) is 15.4. The van der Waals surface area contributed by atoms with Gasteiger partial charge < -0.3 is 15.0 Å². The Morgan fingerprint density at radius 1 is 1.31 bits per heavy atom. The molecular formula is C19H26N4O3. The number of morpholine rings is 1. The van der Waals surface area contributed by atoms with Crippen molar-refractivity contribution in [2.75, 3.05) is 39.8 Å². The molecule has 1 atom stereocenters. The van der Waals surface area contributed by atoms with Crippen LogP contribution in [0.15, 0.2) is 18.3 Å². The molecule has 2 aliphatic heterocycles. The molecule has 1 aromatic rings. The standard InChI is InChI=1S/C19H26N4O3/c1-13-3-6-15(7-21-13)18(25)23-11-19(12-23)10-22(8-14-4-5-14)16(9-26-19)17(24)20-2/h3,6-7,14,16H,4-5,8-12H2,1-2H3,(H,20,24)/t16-/m0/s1. The van der Waals surface area contributed by atoms with Crippen LogP contribution in [0.25, 0.3) is 0 Å². The van der Waals surface area contributed by atoms with E-state index in [1.165, 1.54) is 12.8 Å². The lowest BCUT2D eigenvalue weighted by molar-refractivity contribution is -0.191. The summed E-state index contributed by atoms with van der Waals surface area (Å²) in [4.78, 5) is 33.1. The summed E-state index contributed by atoms with van der Waals surface area (Å²) in [6.45, 7) is 5.08. The van der Waals surface area contributed by atoms with E-state index in [2.05, 4.69) is 15.2 Å². The van der Waals surface area contributed by atoms with Gasteiger partial charge in [0.2, 0.25) is 5.91 Å². The Bertz CT molecular complexity index is 695. The zero-order valence-electron chi connectivity index (χ0n) is 15.4. The van der Waals surface area contributed by atoms with Crippen LogP contribution >= 0.6 is 0 Å². The minimum Gasteiger partial charge on any atom is -0.368 e. The van der Waals surface area contributed by atoms with Crippen LogP contribution < -0.4 is 5.32 Å². The fourth-order valence-electron chi connectivity index (χ4n) is 3.88. The van der Waals surface area contributed by atoms with E-state index >= 15 is 0 Å². The summed E-state index contributed by atoms with van der Waals surface area (Å²) in [5.41, 5.74) is 1.17. The average molecular weight is 358 g/mol. The molecule has 3 aliphatic rings. The number of nitrogens with one attached hydrogen (secondary N) is 1. The van der Waals surface area contributed by atoms with E-state index < -0.39 is 0 Å². The summed E-state index contributed by atoms with van der Waals surface area (Å²) in [6, 6.07) is 3.45. The van der Waals surface area contributed by atoms with Gasteiger partial charge in [0.25, 0.3) is 5.91 Å². The Morgan fingerprint density at radius 2 is 2.08 bits per heavy atom. The van der Waals surface area contributed by atoms with Crippen molar-refractivity contribution in [3.63, 3.8) is 0 Å². The zero-order chi connectivity index (χ0) is 18.3. The minimum atomic E-state index is -0.340. The molecule has 0 unspecified atom stereocenters. The first-order valence-corrected chi connectivity index (χ1v) is 9.31. The number of carbonyl (C=O) groups excluding carboxylic acids is 2. The third kappa shape index (κ3) is 3.33. The Balaban J connectivity index is 1.40. The minimum absolute atomic E-state index is 0.00565. The van der Waals surface area contributed by atoms with Gasteiger partial charge in [-0.25, -0.2) is 0 Å². The van der Waals surface area contributed by atoms with Crippen LogP contribution in [0.5, 0.6) is 0 Å². The highest BCUT2D eigenvalue weighted by Crippen LogP contribution is 2.36. The van der Waals surface area contributed by atoms with Crippen LogP contribution in [-0.2, 0) is 9.53 Å². The van der Waals surface area contributed by atoms with Crippen molar-refractivity contribution in [1.82, 2.24) is 20.1 Å². The van der Waals surface area contributed by atoms with E-state index in [4.69, 9.17) is 4.74 Å². The summed E-state index contributed by atoms with van der Waals surface area (Å²) in [5, 5.41) is 2.74. The molecule has 1 N–H and O–H groups in total. The van der Waals surface area contributed by atoms with Gasteiger partial charge in [0.15, 0.2) is 0 Å². The van der Waals surface area contributed by atoms with Crippen molar-refractivity contribution in [3.05, 3.63) is 29.6 Å². The largest absolute Gasteiger partial charge is 0.368 e. The number of pyridine rings is 1. The normalized spacial score (nSPS) is 25.0. The molecule has 0 bridgehead atoms. The van der Waals surface area contributed by atoms with Gasteiger partial charge in [-0.2, -0.15) is 0 Å². The van der Waals surface area contributed by atoms with Crippen molar-refractivity contribution >= 4 is 11.8 Å². The number of nitrogens with zero attached hydrogens (tertiary/aromatic N) is 3. The molecule has 1 aliphatic carbocycles. The number of hydrogen-bond acceptors (Lipinski definition) is 5. The Labute approximate surface area is 153 Å². The number of ether oxygens (including phenoxy) is 1. The molecule has 1 saturated carbocycles. The maximum absolute atomic E-state index is 12.6. The lowest BCUT2D eigenvalue weighted by atomic mass is 9.89. The van der Waals surface area contributed by atoms with E-state index in [0.717, 1.165) is 12.2 Å². The Morgan fingerprint density at radius 3 is 2.69 bits per heavy atom. The van der Waals surface area contributed by atoms with Gasteiger partial charge in [0.1, 0.15) is 11.6 Å². The third-order valence-corrected chi connectivity index (χ3v) is 5.62. The summed E-state index contributed by atoms with van der Waals surface area (Å²) >= 11 is 0. The van der Waals surface area contributed by atoms with E-state index in [-0.39, 0.29) is 23.5 Å². The molecule has 3 heterocycles. The predicted molar refractivity (Wildman–Crippen MR) is 95.7 cm³/mol. The summed E-state index contributed by atoms with van der Waals surface area (Å²) in [5.74, 6) is 0.709. The molecule has 140 valence electrons. The fraction of sp³-hybridized carbons (Fsp3) is 0.632. The predicted octanol–water partition coefficient (Wildman–Crippen LogP) is 0.441. The van der Waals surface area contributed by atoms with E-state index in [0.29, 0.717) is 37.7 Å². The van der Waals surface area contributed by atoms with Gasteiger partial charge in [0, 0.05) is 32.0 Å². The van der Waals surface area contributed by atoms with Gasteiger partial charge in [-0.05, 0) is 37.8 Å². The summed E-state index contributed by atoms with van der Waals surface area (Å²) in [7, 11) is 1.67. The number of carbonyl (C=O) groups is 2. The topological polar surface area (TPSA) is 74.8 Å². The molecular weight excluding hydrogens is 332 g/mol. The van der Waals surface area contributed by atoms with Gasteiger partial charge in [-0.1, -0.05) is 0 Å².